The van der Waals surface area contributed by atoms with Gasteiger partial charge in [-0.25, -0.2) is 4.98 Å². The van der Waals surface area contributed by atoms with Crippen molar-refractivity contribution < 1.29 is 13.2 Å². The predicted octanol–water partition coefficient (Wildman–Crippen LogP) is 3.16. The molecule has 2 aromatic rings. The number of halogens is 3. The summed E-state index contributed by atoms with van der Waals surface area (Å²) >= 11 is 1.34. The number of piperidine rings is 1. The second-order valence-corrected chi connectivity index (χ2v) is 6.00. The number of aryl methyl sites for hydroxylation is 1. The molecule has 1 saturated heterocycles. The topological polar surface area (TPSA) is 46.8 Å². The molecule has 22 heavy (non-hydrogen) atoms. The van der Waals surface area contributed by atoms with Gasteiger partial charge in [-0.3, -0.25) is 4.68 Å². The molecule has 0 saturated carbocycles. The molecule has 3 rings (SSSR count). The Bertz CT molecular complexity index is 636. The smallest absolute Gasteiger partial charge is 0.345 e. The molecule has 120 valence electrons. The van der Waals surface area contributed by atoms with E-state index in [9.17, 15) is 13.2 Å². The largest absolute Gasteiger partial charge is 0.435 e. The van der Waals surface area contributed by atoms with Gasteiger partial charge in [-0.15, -0.1) is 0 Å². The third kappa shape index (κ3) is 3.08. The Morgan fingerprint density at radius 2 is 2.23 bits per heavy atom. The van der Waals surface area contributed by atoms with Gasteiger partial charge < -0.3 is 4.90 Å². The van der Waals surface area contributed by atoms with Crippen LogP contribution in [0.1, 0.15) is 37.3 Å². The maximum Gasteiger partial charge on any atom is 0.435 e. The van der Waals surface area contributed by atoms with Gasteiger partial charge in [0.05, 0.1) is 6.04 Å². The fourth-order valence-electron chi connectivity index (χ4n) is 2.55. The monoisotopic (exact) mass is 331 g/mol. The fraction of sp³-hybridized carbons (Fsp3) is 0.615. The summed E-state index contributed by atoms with van der Waals surface area (Å²) in [7, 11) is 0. The summed E-state index contributed by atoms with van der Waals surface area (Å²) in [6.45, 7) is 3.45. The van der Waals surface area contributed by atoms with Gasteiger partial charge in [0.1, 0.15) is 5.82 Å². The van der Waals surface area contributed by atoms with Crippen LogP contribution in [0.15, 0.2) is 12.3 Å². The van der Waals surface area contributed by atoms with Gasteiger partial charge in [-0.1, -0.05) is 6.92 Å². The maximum absolute atomic E-state index is 12.6. The lowest BCUT2D eigenvalue weighted by molar-refractivity contribution is -0.141. The molecular formula is C13H16F3N5S. The van der Waals surface area contributed by atoms with Crippen LogP contribution in [-0.4, -0.2) is 32.2 Å². The maximum atomic E-state index is 12.6. The van der Waals surface area contributed by atoms with Crippen molar-refractivity contribution in [2.75, 3.05) is 18.0 Å². The Morgan fingerprint density at radius 1 is 1.41 bits per heavy atom. The highest BCUT2D eigenvalue weighted by Gasteiger charge is 2.34. The zero-order valence-electron chi connectivity index (χ0n) is 12.0. The molecule has 1 aliphatic rings. The molecule has 0 unspecified atom stereocenters. The van der Waals surface area contributed by atoms with Crippen molar-refractivity contribution in [2.45, 2.75) is 38.4 Å². The van der Waals surface area contributed by atoms with Crippen molar-refractivity contribution in [3.63, 3.8) is 0 Å². The summed E-state index contributed by atoms with van der Waals surface area (Å²) in [6.07, 6.45) is -0.493. The third-order valence-corrected chi connectivity index (χ3v) is 4.53. The van der Waals surface area contributed by atoms with E-state index in [0.717, 1.165) is 42.8 Å². The molecule has 0 amide bonds. The molecule has 9 heteroatoms. The van der Waals surface area contributed by atoms with Crippen molar-refractivity contribution in [3.8, 4) is 0 Å². The molecule has 0 aliphatic carbocycles. The molecule has 0 radical (unpaired) electrons. The summed E-state index contributed by atoms with van der Waals surface area (Å²) < 4.78 is 43.6. The lowest BCUT2D eigenvalue weighted by Crippen LogP contribution is -2.36. The van der Waals surface area contributed by atoms with Crippen LogP contribution >= 0.6 is 11.5 Å². The zero-order valence-corrected chi connectivity index (χ0v) is 12.9. The van der Waals surface area contributed by atoms with E-state index in [1.807, 2.05) is 6.92 Å². The molecule has 0 spiro atoms. The number of hydrogen-bond donors (Lipinski definition) is 0. The molecule has 5 nitrogen and oxygen atoms in total. The molecule has 0 N–H and O–H groups in total. The van der Waals surface area contributed by atoms with Crippen molar-refractivity contribution >= 4 is 16.7 Å². The van der Waals surface area contributed by atoms with Gasteiger partial charge in [-0.2, -0.15) is 22.6 Å². The Morgan fingerprint density at radius 3 is 2.86 bits per heavy atom. The van der Waals surface area contributed by atoms with Crippen LogP contribution in [0.25, 0.3) is 0 Å². The van der Waals surface area contributed by atoms with Crippen molar-refractivity contribution in [1.82, 2.24) is 19.1 Å². The summed E-state index contributed by atoms with van der Waals surface area (Å²) in [5.74, 6) is 0.806. The molecule has 1 fully saturated rings. The second kappa shape index (κ2) is 5.86. The predicted molar refractivity (Wildman–Crippen MR) is 77.0 cm³/mol. The third-order valence-electron chi connectivity index (χ3n) is 3.71. The molecule has 0 aromatic carbocycles. The minimum atomic E-state index is -4.39. The van der Waals surface area contributed by atoms with E-state index >= 15 is 0 Å². The zero-order chi connectivity index (χ0) is 15.7. The summed E-state index contributed by atoms with van der Waals surface area (Å²) in [4.78, 5) is 6.53. The molecular weight excluding hydrogens is 315 g/mol. The first-order valence-electron chi connectivity index (χ1n) is 7.17. The first-order valence-corrected chi connectivity index (χ1v) is 7.94. The summed E-state index contributed by atoms with van der Waals surface area (Å²) in [6, 6.07) is 0.956. The van der Waals surface area contributed by atoms with Crippen molar-refractivity contribution in [2.24, 2.45) is 0 Å². The molecule has 1 aliphatic heterocycles. The SMILES string of the molecule is CCc1nsc(N2CCC[C@H](n3ccc(C(F)(F)F)n3)C2)n1. The van der Waals surface area contributed by atoms with E-state index in [4.69, 9.17) is 0 Å². The van der Waals surface area contributed by atoms with Gasteiger partial charge in [0.15, 0.2) is 5.69 Å². The van der Waals surface area contributed by atoms with Gasteiger partial charge in [0, 0.05) is 37.2 Å². The second-order valence-electron chi connectivity index (χ2n) is 5.27. The van der Waals surface area contributed by atoms with Crippen LogP contribution in [0.5, 0.6) is 0 Å². The number of rotatable bonds is 3. The minimum Gasteiger partial charge on any atom is -0.345 e. The molecule has 2 aromatic heterocycles. The van der Waals surface area contributed by atoms with Gasteiger partial charge >= 0.3 is 6.18 Å². The van der Waals surface area contributed by atoms with Crippen molar-refractivity contribution in [1.29, 1.82) is 0 Å². The fourth-order valence-corrected chi connectivity index (χ4v) is 3.34. The van der Waals surface area contributed by atoms with Crippen molar-refractivity contribution in [3.05, 3.63) is 23.8 Å². The first kappa shape index (κ1) is 15.3. The summed E-state index contributed by atoms with van der Waals surface area (Å²) in [5, 5.41) is 4.52. The minimum absolute atomic E-state index is 0.0705. The van der Waals surface area contributed by atoms with Crippen LogP contribution in [-0.2, 0) is 12.6 Å². The number of hydrogen-bond acceptors (Lipinski definition) is 5. The quantitative estimate of drug-likeness (QED) is 0.867. The Hall–Kier alpha value is -1.64. The normalized spacial score (nSPS) is 19.6. The highest BCUT2D eigenvalue weighted by atomic mass is 32.1. The molecule has 3 heterocycles. The van der Waals surface area contributed by atoms with Gasteiger partial charge in [0.25, 0.3) is 0 Å². The lowest BCUT2D eigenvalue weighted by atomic mass is 10.1. The average Bonchev–Trinajstić information content (AvgIpc) is 3.16. The van der Waals surface area contributed by atoms with Crippen LogP contribution < -0.4 is 4.90 Å². The van der Waals surface area contributed by atoms with E-state index in [0.29, 0.717) is 6.54 Å². The van der Waals surface area contributed by atoms with E-state index in [1.54, 1.807) is 0 Å². The molecule has 1 atom stereocenters. The highest BCUT2D eigenvalue weighted by Crippen LogP contribution is 2.30. The molecule has 0 bridgehead atoms. The highest BCUT2D eigenvalue weighted by molar-refractivity contribution is 7.09. The van der Waals surface area contributed by atoms with E-state index in [2.05, 4.69) is 19.4 Å². The average molecular weight is 331 g/mol. The Balaban J connectivity index is 1.74. The first-order chi connectivity index (χ1) is 10.5. The number of aromatic nitrogens is 4. The standard InChI is InChI=1S/C13H16F3N5S/c1-2-11-17-12(22-19-11)20-6-3-4-9(8-20)21-7-5-10(18-21)13(14,15)16/h5,7,9H,2-4,6,8H2,1H3/t9-/m0/s1. The number of anilines is 1. The van der Waals surface area contributed by atoms with Crippen LogP contribution in [0.3, 0.4) is 0 Å². The number of nitrogens with zero attached hydrogens (tertiary/aromatic N) is 5. The van der Waals surface area contributed by atoms with Crippen LogP contribution in [0.2, 0.25) is 0 Å². The Kier molecular flexibility index (Phi) is 4.07. The Labute approximate surface area is 129 Å². The van der Waals surface area contributed by atoms with Crippen LogP contribution in [0.4, 0.5) is 18.3 Å². The van der Waals surface area contributed by atoms with E-state index < -0.39 is 11.9 Å². The van der Waals surface area contributed by atoms with Gasteiger partial charge in [-0.05, 0) is 18.9 Å². The lowest BCUT2D eigenvalue weighted by Gasteiger charge is -2.32. The van der Waals surface area contributed by atoms with Crippen LogP contribution in [0, 0.1) is 0 Å². The van der Waals surface area contributed by atoms with E-state index in [-0.39, 0.29) is 6.04 Å². The summed E-state index contributed by atoms with van der Waals surface area (Å²) in [5.41, 5.74) is -0.839. The number of alkyl halides is 3. The van der Waals surface area contributed by atoms with E-state index in [1.165, 1.54) is 22.4 Å². The van der Waals surface area contributed by atoms with Gasteiger partial charge in [0.2, 0.25) is 5.13 Å².